The maximum atomic E-state index is 13.1. The number of aromatic nitrogens is 3. The van der Waals surface area contributed by atoms with Gasteiger partial charge in [0.15, 0.2) is 0 Å². The Morgan fingerprint density at radius 3 is 2.77 bits per heavy atom. The van der Waals surface area contributed by atoms with Gasteiger partial charge in [0.1, 0.15) is 11.4 Å². The van der Waals surface area contributed by atoms with Crippen LogP contribution in [0.1, 0.15) is 46.7 Å². The van der Waals surface area contributed by atoms with Crippen molar-refractivity contribution in [1.29, 1.82) is 0 Å². The van der Waals surface area contributed by atoms with Crippen molar-refractivity contribution in [2.45, 2.75) is 39.8 Å². The van der Waals surface area contributed by atoms with Crippen LogP contribution in [-0.2, 0) is 11.3 Å². The van der Waals surface area contributed by atoms with Crippen LogP contribution in [0.15, 0.2) is 29.2 Å². The number of rotatable bonds is 7. The Morgan fingerprint density at radius 2 is 2.10 bits per heavy atom. The van der Waals surface area contributed by atoms with Crippen LogP contribution in [0.2, 0.25) is 0 Å². The third-order valence-electron chi connectivity index (χ3n) is 5.05. The van der Waals surface area contributed by atoms with Crippen molar-refractivity contribution >= 4 is 22.8 Å². The van der Waals surface area contributed by atoms with E-state index in [0.717, 1.165) is 0 Å². The second-order valence-corrected chi connectivity index (χ2v) is 7.24. The van der Waals surface area contributed by atoms with Crippen LogP contribution in [-0.4, -0.2) is 33.5 Å². The van der Waals surface area contributed by atoms with Crippen molar-refractivity contribution in [3.05, 3.63) is 57.3 Å². The zero-order valence-corrected chi connectivity index (χ0v) is 17.4. The number of H-pyrrole nitrogens is 1. The Hall–Kier alpha value is -3.62. The predicted molar refractivity (Wildman–Crippen MR) is 113 cm³/mol. The quantitative estimate of drug-likeness (QED) is 0.545. The van der Waals surface area contributed by atoms with Crippen LogP contribution in [0.5, 0.6) is 5.75 Å². The van der Waals surface area contributed by atoms with Crippen LogP contribution in [0.4, 0.5) is 0 Å². The Balaban J connectivity index is 1.98. The zero-order valence-electron chi connectivity index (χ0n) is 17.4. The molecule has 0 spiro atoms. The predicted octanol–water partition coefficient (Wildman–Crippen LogP) is 1.72. The molecule has 0 saturated heterocycles. The van der Waals surface area contributed by atoms with Gasteiger partial charge >= 0.3 is 0 Å². The molecule has 9 nitrogen and oxygen atoms in total. The number of fused-ring (bicyclic) bond motifs is 1. The Bertz CT molecular complexity index is 1180. The molecule has 2 amide bonds. The van der Waals surface area contributed by atoms with Crippen molar-refractivity contribution < 1.29 is 14.3 Å². The lowest BCUT2D eigenvalue weighted by molar-refractivity contribution is -0.118. The van der Waals surface area contributed by atoms with Gasteiger partial charge < -0.3 is 25.3 Å². The summed E-state index contributed by atoms with van der Waals surface area (Å²) in [7, 11) is 1.48. The number of pyridine rings is 2. The van der Waals surface area contributed by atoms with Crippen LogP contribution >= 0.6 is 0 Å². The number of hydrogen-bond donors (Lipinski definition) is 3. The molecular formula is C21H25N5O4. The number of hydrogen-bond acceptors (Lipinski definition) is 5. The van der Waals surface area contributed by atoms with Gasteiger partial charge in [0.05, 0.1) is 24.8 Å². The highest BCUT2D eigenvalue weighted by atomic mass is 16.5. The number of methoxy groups -OCH3 is 1. The Labute approximate surface area is 173 Å². The summed E-state index contributed by atoms with van der Waals surface area (Å²) < 4.78 is 7.12. The van der Waals surface area contributed by atoms with Gasteiger partial charge in [-0.15, -0.1) is 0 Å². The minimum absolute atomic E-state index is 0.000828. The zero-order chi connectivity index (χ0) is 22.0. The first-order valence-corrected chi connectivity index (χ1v) is 9.53. The van der Waals surface area contributed by atoms with Crippen LogP contribution < -0.4 is 21.3 Å². The normalized spacial score (nSPS) is 12.0. The lowest BCUT2D eigenvalue weighted by atomic mass is 10.1. The third kappa shape index (κ3) is 3.91. The topological polar surface area (TPSA) is 132 Å². The summed E-state index contributed by atoms with van der Waals surface area (Å²) in [6.45, 7) is 5.41. The van der Waals surface area contributed by atoms with E-state index in [0.29, 0.717) is 39.3 Å². The Morgan fingerprint density at radius 1 is 1.37 bits per heavy atom. The molecule has 0 aliphatic rings. The van der Waals surface area contributed by atoms with Crippen molar-refractivity contribution in [3.8, 4) is 5.75 Å². The summed E-state index contributed by atoms with van der Waals surface area (Å²) in [5.41, 5.74) is 7.75. The number of aromatic amines is 1. The fraction of sp³-hybridized carbons (Fsp3) is 0.333. The van der Waals surface area contributed by atoms with E-state index in [1.54, 1.807) is 38.2 Å². The van der Waals surface area contributed by atoms with Gasteiger partial charge in [0, 0.05) is 35.4 Å². The number of amides is 2. The molecule has 3 aromatic heterocycles. The van der Waals surface area contributed by atoms with Crippen LogP contribution in [0.25, 0.3) is 11.0 Å². The molecule has 3 aromatic rings. The van der Waals surface area contributed by atoms with Gasteiger partial charge in [0.25, 0.3) is 11.5 Å². The van der Waals surface area contributed by atoms with Gasteiger partial charge in [-0.1, -0.05) is 0 Å². The van der Waals surface area contributed by atoms with Gasteiger partial charge in [-0.05, 0) is 39.0 Å². The number of nitrogens with one attached hydrogen (secondary N) is 2. The molecule has 1 atom stereocenters. The molecule has 30 heavy (non-hydrogen) atoms. The monoisotopic (exact) mass is 411 g/mol. The first-order valence-electron chi connectivity index (χ1n) is 9.53. The molecule has 158 valence electrons. The van der Waals surface area contributed by atoms with E-state index in [2.05, 4.69) is 15.3 Å². The summed E-state index contributed by atoms with van der Waals surface area (Å²) in [5, 5.41) is 3.47. The molecule has 0 radical (unpaired) electrons. The molecule has 3 heterocycles. The van der Waals surface area contributed by atoms with Crippen molar-refractivity contribution in [1.82, 2.24) is 19.9 Å². The van der Waals surface area contributed by atoms with Crippen molar-refractivity contribution in [2.24, 2.45) is 5.73 Å². The first-order chi connectivity index (χ1) is 14.2. The van der Waals surface area contributed by atoms with E-state index in [1.807, 2.05) is 11.5 Å². The maximum absolute atomic E-state index is 13.1. The minimum Gasteiger partial charge on any atom is -0.496 e. The maximum Gasteiger partial charge on any atom is 0.256 e. The van der Waals surface area contributed by atoms with Gasteiger partial charge in [-0.3, -0.25) is 14.4 Å². The van der Waals surface area contributed by atoms with E-state index in [-0.39, 0.29) is 30.5 Å². The first kappa shape index (κ1) is 21.1. The number of ether oxygens (including phenoxy) is 1. The molecule has 0 aliphatic heterocycles. The molecule has 3 rings (SSSR count). The second kappa shape index (κ2) is 8.40. The molecule has 0 aromatic carbocycles. The lowest BCUT2D eigenvalue weighted by Gasteiger charge is -2.15. The standard InChI is InChI=1S/C21H25N5O4/c1-11-8-16(30-4)15(20(28)25-11)10-24-21(29)18-13(3)26(12(2)9-17(22)27)19-14(18)6-5-7-23-19/h5-8,12H,9-10H2,1-4H3,(H2,22,27)(H,24,29)(H,25,28). The van der Waals surface area contributed by atoms with Crippen molar-refractivity contribution in [3.63, 3.8) is 0 Å². The molecular weight excluding hydrogens is 386 g/mol. The molecule has 4 N–H and O–H groups in total. The Kier molecular flexibility index (Phi) is 5.91. The molecule has 0 aliphatic carbocycles. The molecule has 0 fully saturated rings. The third-order valence-corrected chi connectivity index (χ3v) is 5.05. The summed E-state index contributed by atoms with van der Waals surface area (Å²) in [6.07, 6.45) is 1.76. The molecule has 1 unspecified atom stereocenters. The van der Waals surface area contributed by atoms with Gasteiger partial charge in [0.2, 0.25) is 5.91 Å². The summed E-state index contributed by atoms with van der Waals surface area (Å²) >= 11 is 0. The number of nitrogens with zero attached hydrogens (tertiary/aromatic N) is 2. The number of nitrogens with two attached hydrogens (primary N) is 1. The number of carbonyl (C=O) groups is 2. The molecule has 0 bridgehead atoms. The van der Waals surface area contributed by atoms with E-state index < -0.39 is 5.91 Å². The largest absolute Gasteiger partial charge is 0.496 e. The smallest absolute Gasteiger partial charge is 0.256 e. The van der Waals surface area contributed by atoms with Gasteiger partial charge in [-0.25, -0.2) is 4.98 Å². The second-order valence-electron chi connectivity index (χ2n) is 7.24. The molecule has 9 heteroatoms. The van der Waals surface area contributed by atoms with E-state index in [4.69, 9.17) is 10.5 Å². The fourth-order valence-corrected chi connectivity index (χ4v) is 3.76. The van der Waals surface area contributed by atoms with Crippen LogP contribution in [0.3, 0.4) is 0 Å². The average molecular weight is 411 g/mol. The van der Waals surface area contributed by atoms with E-state index in [1.165, 1.54) is 7.11 Å². The SMILES string of the molecule is COc1cc(C)[nH]c(=O)c1CNC(=O)c1c(C)n(C(C)CC(N)=O)c2ncccc12. The minimum atomic E-state index is -0.434. The highest BCUT2D eigenvalue weighted by Crippen LogP contribution is 2.29. The summed E-state index contributed by atoms with van der Waals surface area (Å²) in [6, 6.07) is 4.99. The summed E-state index contributed by atoms with van der Waals surface area (Å²) in [5.74, 6) is -0.374. The van der Waals surface area contributed by atoms with E-state index >= 15 is 0 Å². The fourth-order valence-electron chi connectivity index (χ4n) is 3.76. The van der Waals surface area contributed by atoms with Crippen LogP contribution in [0, 0.1) is 13.8 Å². The lowest BCUT2D eigenvalue weighted by Crippen LogP contribution is -2.28. The number of primary amides is 1. The van der Waals surface area contributed by atoms with Gasteiger partial charge in [-0.2, -0.15) is 0 Å². The summed E-state index contributed by atoms with van der Waals surface area (Å²) in [4.78, 5) is 43.9. The van der Waals surface area contributed by atoms with E-state index in [9.17, 15) is 14.4 Å². The number of aryl methyl sites for hydroxylation is 1. The highest BCUT2D eigenvalue weighted by molar-refractivity contribution is 6.07. The number of carbonyl (C=O) groups excluding carboxylic acids is 2. The van der Waals surface area contributed by atoms with Crippen molar-refractivity contribution in [2.75, 3.05) is 7.11 Å². The highest BCUT2D eigenvalue weighted by Gasteiger charge is 2.24. The molecule has 0 saturated carbocycles. The average Bonchev–Trinajstić information content (AvgIpc) is 2.97.